The zero-order valence-electron chi connectivity index (χ0n) is 8.98. The fraction of sp³-hybridized carbons (Fsp3) is 0.636. The van der Waals surface area contributed by atoms with Crippen molar-refractivity contribution in [3.8, 4) is 0 Å². The molecule has 0 bridgehead atoms. The first-order valence-corrected chi connectivity index (χ1v) is 5.45. The van der Waals surface area contributed by atoms with Crippen LogP contribution in [0.2, 0.25) is 0 Å². The third-order valence-electron chi connectivity index (χ3n) is 2.93. The van der Waals surface area contributed by atoms with Gasteiger partial charge in [-0.15, -0.1) is 0 Å². The first kappa shape index (κ1) is 10.4. The highest BCUT2D eigenvalue weighted by Crippen LogP contribution is 2.26. The number of aromatic nitrogens is 2. The molecule has 0 amide bonds. The van der Waals surface area contributed by atoms with Crippen LogP contribution >= 0.6 is 0 Å². The smallest absolute Gasteiger partial charge is 0.129 e. The number of rotatable bonds is 3. The van der Waals surface area contributed by atoms with Gasteiger partial charge in [0.25, 0.3) is 0 Å². The van der Waals surface area contributed by atoms with E-state index in [1.54, 1.807) is 6.20 Å². The predicted octanol–water partition coefficient (Wildman–Crippen LogP) is 1.36. The average molecular weight is 207 g/mol. The van der Waals surface area contributed by atoms with Gasteiger partial charge in [-0.3, -0.25) is 0 Å². The average Bonchev–Trinajstić information content (AvgIpc) is 2.65. The lowest BCUT2D eigenvalue weighted by Crippen LogP contribution is -2.17. The normalized spacial score (nSPS) is 25.5. The van der Waals surface area contributed by atoms with Gasteiger partial charge >= 0.3 is 0 Å². The molecule has 0 saturated heterocycles. The molecule has 1 fully saturated rings. The third kappa shape index (κ3) is 2.65. The van der Waals surface area contributed by atoms with Crippen LogP contribution in [-0.4, -0.2) is 27.7 Å². The maximum atomic E-state index is 9.04. The Morgan fingerprint density at radius 3 is 3.07 bits per heavy atom. The molecule has 0 aliphatic heterocycles. The Kier molecular flexibility index (Phi) is 3.16. The summed E-state index contributed by atoms with van der Waals surface area (Å²) in [6, 6.07) is 2.34. The molecule has 1 saturated carbocycles. The summed E-state index contributed by atoms with van der Waals surface area (Å²) in [5.74, 6) is 2.15. The number of nitrogens with zero attached hydrogens (tertiary/aromatic N) is 2. The lowest BCUT2D eigenvalue weighted by atomic mass is 10.1. The number of aryl methyl sites for hydroxylation is 1. The summed E-state index contributed by atoms with van der Waals surface area (Å²) in [6.45, 7) is 2.19. The van der Waals surface area contributed by atoms with E-state index in [1.807, 2.05) is 13.0 Å². The van der Waals surface area contributed by atoms with E-state index in [-0.39, 0.29) is 0 Å². The second kappa shape index (κ2) is 4.57. The maximum absolute atomic E-state index is 9.04. The van der Waals surface area contributed by atoms with Gasteiger partial charge < -0.3 is 10.4 Å². The highest BCUT2D eigenvalue weighted by Gasteiger charge is 2.23. The van der Waals surface area contributed by atoms with Crippen molar-refractivity contribution in [3.63, 3.8) is 0 Å². The molecule has 1 heterocycles. The minimum Gasteiger partial charge on any atom is -0.396 e. The summed E-state index contributed by atoms with van der Waals surface area (Å²) in [6.07, 6.45) is 5.04. The summed E-state index contributed by atoms with van der Waals surface area (Å²) < 4.78 is 0. The lowest BCUT2D eigenvalue weighted by molar-refractivity contribution is 0.229. The van der Waals surface area contributed by atoms with E-state index in [4.69, 9.17) is 5.11 Å². The molecule has 1 aromatic rings. The van der Waals surface area contributed by atoms with Crippen LogP contribution in [-0.2, 0) is 0 Å². The van der Waals surface area contributed by atoms with Gasteiger partial charge in [0.05, 0.1) is 0 Å². The van der Waals surface area contributed by atoms with Gasteiger partial charge in [-0.05, 0) is 38.2 Å². The van der Waals surface area contributed by atoms with Crippen LogP contribution in [0.4, 0.5) is 5.82 Å². The maximum Gasteiger partial charge on any atom is 0.129 e. The molecule has 4 heteroatoms. The minimum atomic E-state index is 0.307. The predicted molar refractivity (Wildman–Crippen MR) is 58.6 cm³/mol. The van der Waals surface area contributed by atoms with Gasteiger partial charge in [-0.2, -0.15) is 0 Å². The number of hydrogen-bond acceptors (Lipinski definition) is 4. The highest BCUT2D eigenvalue weighted by atomic mass is 16.3. The van der Waals surface area contributed by atoms with Crippen LogP contribution in [0.1, 0.15) is 25.1 Å². The van der Waals surface area contributed by atoms with Crippen molar-refractivity contribution in [2.45, 2.75) is 32.2 Å². The zero-order chi connectivity index (χ0) is 10.7. The molecular weight excluding hydrogens is 190 g/mol. The van der Waals surface area contributed by atoms with Gasteiger partial charge in [-0.25, -0.2) is 9.97 Å². The van der Waals surface area contributed by atoms with Crippen molar-refractivity contribution in [1.29, 1.82) is 0 Å². The summed E-state index contributed by atoms with van der Waals surface area (Å²) in [7, 11) is 0. The summed E-state index contributed by atoms with van der Waals surface area (Å²) in [5, 5.41) is 12.4. The Labute approximate surface area is 89.8 Å². The van der Waals surface area contributed by atoms with Crippen molar-refractivity contribution in [2.24, 2.45) is 5.92 Å². The summed E-state index contributed by atoms with van der Waals surface area (Å²) >= 11 is 0. The second-order valence-corrected chi connectivity index (χ2v) is 4.19. The molecule has 4 nitrogen and oxygen atoms in total. The molecule has 15 heavy (non-hydrogen) atoms. The minimum absolute atomic E-state index is 0.307. The van der Waals surface area contributed by atoms with Gasteiger partial charge in [-0.1, -0.05) is 0 Å². The third-order valence-corrected chi connectivity index (χ3v) is 2.93. The Morgan fingerprint density at radius 1 is 1.53 bits per heavy atom. The molecule has 1 aliphatic carbocycles. The SMILES string of the molecule is Cc1nccc(N[C@H]2CC[C@@H](CO)C2)n1. The van der Waals surface area contributed by atoms with Crippen molar-refractivity contribution in [2.75, 3.05) is 11.9 Å². The second-order valence-electron chi connectivity index (χ2n) is 4.19. The number of nitrogens with one attached hydrogen (secondary N) is 1. The van der Waals surface area contributed by atoms with Crippen molar-refractivity contribution >= 4 is 5.82 Å². The molecule has 82 valence electrons. The van der Waals surface area contributed by atoms with E-state index < -0.39 is 0 Å². The molecule has 2 atom stereocenters. The molecule has 0 spiro atoms. The number of aliphatic hydroxyl groups is 1. The molecular formula is C11H17N3O. The molecule has 1 aromatic heterocycles. The van der Waals surface area contributed by atoms with Crippen molar-refractivity contribution < 1.29 is 5.11 Å². The quantitative estimate of drug-likeness (QED) is 0.785. The highest BCUT2D eigenvalue weighted by molar-refractivity contribution is 5.34. The number of hydrogen-bond donors (Lipinski definition) is 2. The van der Waals surface area contributed by atoms with E-state index in [0.717, 1.165) is 30.9 Å². The van der Waals surface area contributed by atoms with E-state index in [1.165, 1.54) is 0 Å². The van der Waals surface area contributed by atoms with Crippen molar-refractivity contribution in [1.82, 2.24) is 9.97 Å². The summed E-state index contributed by atoms with van der Waals surface area (Å²) in [4.78, 5) is 8.36. The van der Waals surface area contributed by atoms with Gasteiger partial charge in [0.15, 0.2) is 0 Å². The Hall–Kier alpha value is -1.16. The van der Waals surface area contributed by atoms with Crippen LogP contribution in [0.25, 0.3) is 0 Å². The Bertz CT molecular complexity index is 329. The Balaban J connectivity index is 1.92. The van der Waals surface area contributed by atoms with E-state index in [9.17, 15) is 0 Å². The van der Waals surface area contributed by atoms with Crippen LogP contribution in [0, 0.1) is 12.8 Å². The molecule has 2 rings (SSSR count). The van der Waals surface area contributed by atoms with Crippen LogP contribution < -0.4 is 5.32 Å². The largest absolute Gasteiger partial charge is 0.396 e. The Morgan fingerprint density at radius 2 is 2.40 bits per heavy atom. The van der Waals surface area contributed by atoms with Crippen LogP contribution in [0.15, 0.2) is 12.3 Å². The lowest BCUT2D eigenvalue weighted by Gasteiger charge is -2.13. The molecule has 2 N–H and O–H groups in total. The molecule has 1 aliphatic rings. The first-order valence-electron chi connectivity index (χ1n) is 5.45. The van der Waals surface area contributed by atoms with Gasteiger partial charge in [0.1, 0.15) is 11.6 Å². The monoisotopic (exact) mass is 207 g/mol. The van der Waals surface area contributed by atoms with E-state index in [2.05, 4.69) is 15.3 Å². The number of aliphatic hydroxyl groups excluding tert-OH is 1. The summed E-state index contributed by atoms with van der Waals surface area (Å²) in [5.41, 5.74) is 0. The van der Waals surface area contributed by atoms with Crippen LogP contribution in [0.3, 0.4) is 0 Å². The van der Waals surface area contributed by atoms with E-state index >= 15 is 0 Å². The first-order chi connectivity index (χ1) is 7.28. The van der Waals surface area contributed by atoms with Gasteiger partial charge in [0, 0.05) is 18.8 Å². The fourth-order valence-electron chi connectivity index (χ4n) is 2.12. The van der Waals surface area contributed by atoms with E-state index in [0.29, 0.717) is 18.6 Å². The fourth-order valence-corrected chi connectivity index (χ4v) is 2.12. The molecule has 0 radical (unpaired) electrons. The molecule has 0 aromatic carbocycles. The van der Waals surface area contributed by atoms with Crippen LogP contribution in [0.5, 0.6) is 0 Å². The van der Waals surface area contributed by atoms with Gasteiger partial charge in [0.2, 0.25) is 0 Å². The number of anilines is 1. The zero-order valence-corrected chi connectivity index (χ0v) is 8.98. The topological polar surface area (TPSA) is 58.0 Å². The van der Waals surface area contributed by atoms with Crippen molar-refractivity contribution in [3.05, 3.63) is 18.1 Å². The standard InChI is InChI=1S/C11H17N3O/c1-8-12-5-4-11(13-8)14-10-3-2-9(6-10)7-15/h4-5,9-10,15H,2-3,6-7H2,1H3,(H,12,13,14)/t9-,10+/m1/s1. The molecule has 0 unspecified atom stereocenters.